The van der Waals surface area contributed by atoms with E-state index in [0.29, 0.717) is 12.0 Å². The Morgan fingerprint density at radius 3 is 2.29 bits per heavy atom. The average molecular weight is 197 g/mol. The first-order chi connectivity index (χ1) is 6.64. The summed E-state index contributed by atoms with van der Waals surface area (Å²) < 4.78 is 0. The molecule has 0 aromatic carbocycles. The quantitative estimate of drug-likeness (QED) is 0.748. The molecule has 1 saturated heterocycles. The fourth-order valence-corrected chi connectivity index (χ4v) is 3.02. The van der Waals surface area contributed by atoms with Gasteiger partial charge in [-0.3, -0.25) is 4.90 Å². The molecule has 1 spiro atoms. The molecule has 2 heteroatoms. The van der Waals surface area contributed by atoms with Crippen molar-refractivity contribution < 1.29 is 5.11 Å². The molecule has 0 aromatic rings. The third-order valence-electron chi connectivity index (χ3n) is 4.58. The number of likely N-dealkylation sites (tertiary alicyclic amines) is 1. The maximum absolute atomic E-state index is 9.41. The molecule has 2 rings (SSSR count). The maximum atomic E-state index is 9.41. The summed E-state index contributed by atoms with van der Waals surface area (Å²) in [6, 6.07) is 0. The molecular weight excluding hydrogens is 174 g/mol. The summed E-state index contributed by atoms with van der Waals surface area (Å²) in [5, 5.41) is 9.41. The van der Waals surface area contributed by atoms with E-state index in [0.717, 1.165) is 6.42 Å². The standard InChI is InChI=1S/C12H23NO/c1-3-11(2,10-14)13-8-12(9-13)6-4-5-7-12/h14H,3-10H2,1-2H3. The number of rotatable bonds is 3. The van der Waals surface area contributed by atoms with Crippen LogP contribution in [0.3, 0.4) is 0 Å². The highest BCUT2D eigenvalue weighted by Crippen LogP contribution is 2.48. The fraction of sp³-hybridized carbons (Fsp3) is 1.00. The van der Waals surface area contributed by atoms with Crippen LogP contribution in [0, 0.1) is 5.41 Å². The van der Waals surface area contributed by atoms with Crippen LogP contribution in [0.25, 0.3) is 0 Å². The smallest absolute Gasteiger partial charge is 0.0612 e. The third-order valence-corrected chi connectivity index (χ3v) is 4.58. The van der Waals surface area contributed by atoms with Crippen LogP contribution >= 0.6 is 0 Å². The molecule has 0 aromatic heterocycles. The van der Waals surface area contributed by atoms with Crippen LogP contribution in [0.4, 0.5) is 0 Å². The zero-order chi connectivity index (χ0) is 10.2. The summed E-state index contributed by atoms with van der Waals surface area (Å²) in [4.78, 5) is 2.48. The molecule has 82 valence electrons. The first-order valence-electron chi connectivity index (χ1n) is 6.00. The lowest BCUT2D eigenvalue weighted by molar-refractivity contribution is -0.0890. The van der Waals surface area contributed by atoms with Crippen molar-refractivity contribution in [3.05, 3.63) is 0 Å². The number of aliphatic hydroxyl groups excluding tert-OH is 1. The fourth-order valence-electron chi connectivity index (χ4n) is 3.02. The van der Waals surface area contributed by atoms with Gasteiger partial charge in [0.15, 0.2) is 0 Å². The van der Waals surface area contributed by atoms with Gasteiger partial charge in [-0.05, 0) is 31.6 Å². The molecule has 1 aliphatic carbocycles. The Kier molecular flexibility index (Phi) is 2.61. The Morgan fingerprint density at radius 1 is 1.29 bits per heavy atom. The highest BCUT2D eigenvalue weighted by atomic mass is 16.3. The molecule has 0 radical (unpaired) electrons. The molecule has 0 bridgehead atoms. The second-order valence-corrected chi connectivity index (χ2v) is 5.57. The molecule has 1 heterocycles. The summed E-state index contributed by atoms with van der Waals surface area (Å²) in [5.41, 5.74) is 0.708. The molecule has 1 N–H and O–H groups in total. The first-order valence-corrected chi connectivity index (χ1v) is 6.00. The normalized spacial score (nSPS) is 30.2. The van der Waals surface area contributed by atoms with E-state index in [9.17, 15) is 5.11 Å². The van der Waals surface area contributed by atoms with E-state index in [1.54, 1.807) is 0 Å². The molecule has 1 atom stereocenters. The highest BCUT2D eigenvalue weighted by Gasteiger charge is 2.49. The minimum Gasteiger partial charge on any atom is -0.394 e. The number of hydrogen-bond donors (Lipinski definition) is 1. The van der Waals surface area contributed by atoms with Crippen LogP contribution in [-0.4, -0.2) is 35.2 Å². The minimum atomic E-state index is 0.0494. The molecule has 1 saturated carbocycles. The molecular formula is C12H23NO. The van der Waals surface area contributed by atoms with E-state index >= 15 is 0 Å². The second-order valence-electron chi connectivity index (χ2n) is 5.57. The second kappa shape index (κ2) is 3.49. The predicted molar refractivity (Wildman–Crippen MR) is 58.3 cm³/mol. The molecule has 1 aliphatic heterocycles. The maximum Gasteiger partial charge on any atom is 0.0612 e. The van der Waals surface area contributed by atoms with Crippen molar-refractivity contribution in [2.24, 2.45) is 5.41 Å². The van der Waals surface area contributed by atoms with Gasteiger partial charge in [0.25, 0.3) is 0 Å². The van der Waals surface area contributed by atoms with E-state index < -0.39 is 0 Å². The van der Waals surface area contributed by atoms with Gasteiger partial charge >= 0.3 is 0 Å². The number of hydrogen-bond acceptors (Lipinski definition) is 2. The Bertz CT molecular complexity index is 196. The Labute approximate surface area is 87.3 Å². The summed E-state index contributed by atoms with van der Waals surface area (Å²) >= 11 is 0. The van der Waals surface area contributed by atoms with E-state index in [-0.39, 0.29) is 5.54 Å². The Morgan fingerprint density at radius 2 is 1.86 bits per heavy atom. The van der Waals surface area contributed by atoms with Crippen LogP contribution in [0.5, 0.6) is 0 Å². The van der Waals surface area contributed by atoms with Crippen molar-refractivity contribution in [1.82, 2.24) is 4.90 Å². The van der Waals surface area contributed by atoms with Gasteiger partial charge in [-0.1, -0.05) is 19.8 Å². The van der Waals surface area contributed by atoms with Gasteiger partial charge in [-0.15, -0.1) is 0 Å². The number of aliphatic hydroxyl groups is 1. The van der Waals surface area contributed by atoms with Gasteiger partial charge in [0.05, 0.1) is 6.61 Å². The summed E-state index contributed by atoms with van der Waals surface area (Å²) in [5.74, 6) is 0. The predicted octanol–water partition coefficient (Wildman–Crippen LogP) is 2.02. The first kappa shape index (κ1) is 10.4. The largest absolute Gasteiger partial charge is 0.394 e. The number of nitrogens with zero attached hydrogens (tertiary/aromatic N) is 1. The van der Waals surface area contributed by atoms with Crippen LogP contribution in [0.15, 0.2) is 0 Å². The van der Waals surface area contributed by atoms with Crippen LogP contribution in [-0.2, 0) is 0 Å². The van der Waals surface area contributed by atoms with E-state index in [4.69, 9.17) is 0 Å². The molecule has 2 aliphatic rings. The minimum absolute atomic E-state index is 0.0494. The lowest BCUT2D eigenvalue weighted by Gasteiger charge is -2.56. The summed E-state index contributed by atoms with van der Waals surface area (Å²) in [6.45, 7) is 7.14. The lowest BCUT2D eigenvalue weighted by Crippen LogP contribution is -2.64. The van der Waals surface area contributed by atoms with Gasteiger partial charge in [-0.2, -0.15) is 0 Å². The van der Waals surface area contributed by atoms with Crippen molar-refractivity contribution in [1.29, 1.82) is 0 Å². The van der Waals surface area contributed by atoms with Crippen molar-refractivity contribution in [2.45, 2.75) is 51.5 Å². The van der Waals surface area contributed by atoms with Crippen molar-refractivity contribution in [3.8, 4) is 0 Å². The van der Waals surface area contributed by atoms with Gasteiger partial charge in [0.2, 0.25) is 0 Å². The molecule has 0 amide bonds. The van der Waals surface area contributed by atoms with Gasteiger partial charge in [-0.25, -0.2) is 0 Å². The van der Waals surface area contributed by atoms with Crippen molar-refractivity contribution in [2.75, 3.05) is 19.7 Å². The topological polar surface area (TPSA) is 23.5 Å². The molecule has 1 unspecified atom stereocenters. The third kappa shape index (κ3) is 1.49. The van der Waals surface area contributed by atoms with Gasteiger partial charge < -0.3 is 5.11 Å². The Balaban J connectivity index is 1.92. The highest BCUT2D eigenvalue weighted by molar-refractivity contribution is 5.03. The Hall–Kier alpha value is -0.0800. The van der Waals surface area contributed by atoms with Crippen LogP contribution in [0.2, 0.25) is 0 Å². The zero-order valence-electron chi connectivity index (χ0n) is 9.55. The van der Waals surface area contributed by atoms with Gasteiger partial charge in [0, 0.05) is 18.6 Å². The van der Waals surface area contributed by atoms with Crippen LogP contribution in [0.1, 0.15) is 46.0 Å². The monoisotopic (exact) mass is 197 g/mol. The van der Waals surface area contributed by atoms with E-state index in [2.05, 4.69) is 18.7 Å². The SMILES string of the molecule is CCC(C)(CO)N1CC2(CCCC2)C1. The average Bonchev–Trinajstić information content (AvgIpc) is 2.63. The van der Waals surface area contributed by atoms with Crippen LogP contribution < -0.4 is 0 Å². The molecule has 2 fully saturated rings. The summed E-state index contributed by atoms with van der Waals surface area (Å²) in [7, 11) is 0. The molecule has 2 nitrogen and oxygen atoms in total. The van der Waals surface area contributed by atoms with E-state index in [1.165, 1.54) is 38.8 Å². The van der Waals surface area contributed by atoms with E-state index in [1.807, 2.05) is 0 Å². The van der Waals surface area contributed by atoms with Crippen molar-refractivity contribution >= 4 is 0 Å². The van der Waals surface area contributed by atoms with Gasteiger partial charge in [0.1, 0.15) is 0 Å². The summed E-state index contributed by atoms with van der Waals surface area (Å²) in [6.07, 6.45) is 6.76. The zero-order valence-corrected chi connectivity index (χ0v) is 9.55. The van der Waals surface area contributed by atoms with Crippen molar-refractivity contribution in [3.63, 3.8) is 0 Å². The molecule has 14 heavy (non-hydrogen) atoms. The lowest BCUT2D eigenvalue weighted by atomic mass is 9.75.